The van der Waals surface area contributed by atoms with Crippen LogP contribution in [0, 0.1) is 12.7 Å². The van der Waals surface area contributed by atoms with E-state index in [1.807, 2.05) is 30.3 Å². The maximum atomic E-state index is 14.5. The Kier molecular flexibility index (Phi) is 5.55. The lowest BCUT2D eigenvalue weighted by molar-refractivity contribution is -0.117. The molecule has 1 aliphatic heterocycles. The van der Waals surface area contributed by atoms with Gasteiger partial charge in [-0.1, -0.05) is 41.9 Å². The van der Waals surface area contributed by atoms with Gasteiger partial charge < -0.3 is 10.2 Å². The largest absolute Gasteiger partial charge is 0.322 e. The molecule has 4 rings (SSSR count). The predicted octanol–water partition coefficient (Wildman–Crippen LogP) is 4.41. The summed E-state index contributed by atoms with van der Waals surface area (Å²) in [5, 5.41) is 7.25. The van der Waals surface area contributed by atoms with Crippen LogP contribution in [-0.4, -0.2) is 28.1 Å². The van der Waals surface area contributed by atoms with Gasteiger partial charge in [-0.05, 0) is 37.1 Å². The first-order valence-corrected chi connectivity index (χ1v) is 10.00. The molecular weight excluding hydrogens is 407 g/mol. The van der Waals surface area contributed by atoms with Crippen LogP contribution in [0.3, 0.4) is 0 Å². The molecule has 0 saturated carbocycles. The molecule has 0 aliphatic carbocycles. The van der Waals surface area contributed by atoms with Crippen molar-refractivity contribution in [1.29, 1.82) is 0 Å². The van der Waals surface area contributed by atoms with E-state index >= 15 is 0 Å². The van der Waals surface area contributed by atoms with E-state index in [0.29, 0.717) is 31.6 Å². The lowest BCUT2D eigenvalue weighted by Crippen LogP contribution is -2.24. The van der Waals surface area contributed by atoms with Crippen LogP contribution in [-0.2, 0) is 11.3 Å². The van der Waals surface area contributed by atoms with E-state index in [9.17, 15) is 14.0 Å². The van der Waals surface area contributed by atoms with Gasteiger partial charge in [0.25, 0.3) is 5.91 Å². The molecular formula is C22H20ClFN4O2. The van der Waals surface area contributed by atoms with Gasteiger partial charge in [0, 0.05) is 18.7 Å². The number of aryl methyl sites for hydroxylation is 1. The van der Waals surface area contributed by atoms with E-state index in [0.717, 1.165) is 5.56 Å². The van der Waals surface area contributed by atoms with Crippen LogP contribution >= 0.6 is 11.6 Å². The number of halogens is 2. The molecule has 1 N–H and O–H groups in total. The Bertz CT molecular complexity index is 1110. The fraction of sp³-hybridized carbons (Fsp3) is 0.227. The molecule has 3 aromatic rings. The van der Waals surface area contributed by atoms with Crippen LogP contribution in [0.25, 0.3) is 0 Å². The highest BCUT2D eigenvalue weighted by atomic mass is 35.5. The van der Waals surface area contributed by atoms with Crippen molar-refractivity contribution in [3.63, 3.8) is 0 Å². The predicted molar refractivity (Wildman–Crippen MR) is 113 cm³/mol. The molecule has 8 heteroatoms. The number of hydrogen-bond acceptors (Lipinski definition) is 3. The van der Waals surface area contributed by atoms with Crippen molar-refractivity contribution in [2.75, 3.05) is 16.8 Å². The number of carbonyl (C=O) groups is 2. The Hall–Kier alpha value is -3.19. The summed E-state index contributed by atoms with van der Waals surface area (Å²) in [6.45, 7) is 2.63. The summed E-state index contributed by atoms with van der Waals surface area (Å²) < 4.78 is 16.1. The van der Waals surface area contributed by atoms with Crippen molar-refractivity contribution in [1.82, 2.24) is 9.78 Å². The number of rotatable bonds is 5. The SMILES string of the molecule is Cc1nn(Cc2ccccc2)c(Cl)c1C(=O)Nc1ccc(N2CCCC2=O)c(F)c1. The number of aromatic nitrogens is 2. The highest BCUT2D eigenvalue weighted by Gasteiger charge is 2.25. The normalized spacial score (nSPS) is 13.7. The number of amides is 2. The van der Waals surface area contributed by atoms with Gasteiger partial charge in [0.05, 0.1) is 23.5 Å². The molecule has 154 valence electrons. The zero-order valence-electron chi connectivity index (χ0n) is 16.4. The molecule has 30 heavy (non-hydrogen) atoms. The lowest BCUT2D eigenvalue weighted by atomic mass is 10.2. The summed E-state index contributed by atoms with van der Waals surface area (Å²) in [4.78, 5) is 26.1. The average Bonchev–Trinajstić information content (AvgIpc) is 3.25. The Morgan fingerprint density at radius 3 is 2.67 bits per heavy atom. The van der Waals surface area contributed by atoms with Crippen LogP contribution in [0.15, 0.2) is 48.5 Å². The molecule has 6 nitrogen and oxygen atoms in total. The first kappa shape index (κ1) is 20.1. The molecule has 2 amide bonds. The van der Waals surface area contributed by atoms with Crippen LogP contribution in [0.5, 0.6) is 0 Å². The van der Waals surface area contributed by atoms with Crippen LogP contribution in [0.4, 0.5) is 15.8 Å². The van der Waals surface area contributed by atoms with Gasteiger partial charge in [0.15, 0.2) is 0 Å². The van der Waals surface area contributed by atoms with Crippen LogP contribution in [0.1, 0.15) is 34.5 Å². The minimum atomic E-state index is -0.564. The highest BCUT2D eigenvalue weighted by molar-refractivity contribution is 6.33. The third-order valence-electron chi connectivity index (χ3n) is 5.04. The van der Waals surface area contributed by atoms with Gasteiger partial charge >= 0.3 is 0 Å². The molecule has 2 aromatic carbocycles. The van der Waals surface area contributed by atoms with Crippen molar-refractivity contribution in [3.05, 3.63) is 76.3 Å². The molecule has 0 radical (unpaired) electrons. The maximum absolute atomic E-state index is 14.5. The molecule has 2 heterocycles. The second-order valence-electron chi connectivity index (χ2n) is 7.16. The van der Waals surface area contributed by atoms with E-state index in [-0.39, 0.29) is 28.0 Å². The van der Waals surface area contributed by atoms with Crippen molar-refractivity contribution in [2.45, 2.75) is 26.3 Å². The molecule has 0 bridgehead atoms. The van der Waals surface area contributed by atoms with Gasteiger partial charge in [-0.2, -0.15) is 5.10 Å². The minimum absolute atomic E-state index is 0.0982. The van der Waals surface area contributed by atoms with Gasteiger partial charge in [0.2, 0.25) is 5.91 Å². The Morgan fingerprint density at radius 2 is 2.00 bits per heavy atom. The number of benzene rings is 2. The fourth-order valence-corrected chi connectivity index (χ4v) is 3.89. The monoisotopic (exact) mass is 426 g/mol. The number of nitrogens with zero attached hydrogens (tertiary/aromatic N) is 3. The van der Waals surface area contributed by atoms with Crippen LogP contribution in [0.2, 0.25) is 5.15 Å². The Balaban J connectivity index is 1.53. The first-order valence-electron chi connectivity index (χ1n) is 9.62. The molecule has 1 fully saturated rings. The van der Waals surface area contributed by atoms with E-state index in [4.69, 9.17) is 11.6 Å². The Labute approximate surface area is 178 Å². The van der Waals surface area contributed by atoms with Gasteiger partial charge in [-0.15, -0.1) is 0 Å². The smallest absolute Gasteiger partial charge is 0.260 e. The van der Waals surface area contributed by atoms with Crippen molar-refractivity contribution >= 4 is 34.8 Å². The van der Waals surface area contributed by atoms with Crippen LogP contribution < -0.4 is 10.2 Å². The molecule has 1 aromatic heterocycles. The van der Waals surface area contributed by atoms with E-state index in [1.54, 1.807) is 17.7 Å². The van der Waals surface area contributed by atoms with E-state index < -0.39 is 11.7 Å². The molecule has 0 atom stereocenters. The summed E-state index contributed by atoms with van der Waals surface area (Å²) in [5.41, 5.74) is 2.22. The number of hydrogen-bond donors (Lipinski definition) is 1. The Morgan fingerprint density at radius 1 is 1.23 bits per heavy atom. The maximum Gasteiger partial charge on any atom is 0.260 e. The van der Waals surface area contributed by atoms with Gasteiger partial charge in [-0.3, -0.25) is 9.59 Å². The topological polar surface area (TPSA) is 67.2 Å². The lowest BCUT2D eigenvalue weighted by Gasteiger charge is -2.17. The molecule has 1 aliphatic rings. The van der Waals surface area contributed by atoms with Gasteiger partial charge in [0.1, 0.15) is 11.0 Å². The molecule has 1 saturated heterocycles. The zero-order valence-corrected chi connectivity index (χ0v) is 17.1. The second-order valence-corrected chi connectivity index (χ2v) is 7.52. The average molecular weight is 427 g/mol. The summed E-state index contributed by atoms with van der Waals surface area (Å²) in [7, 11) is 0. The minimum Gasteiger partial charge on any atom is -0.322 e. The van der Waals surface area contributed by atoms with Crippen molar-refractivity contribution < 1.29 is 14.0 Å². The summed E-state index contributed by atoms with van der Waals surface area (Å²) >= 11 is 6.42. The quantitative estimate of drug-likeness (QED) is 0.657. The number of nitrogens with one attached hydrogen (secondary N) is 1. The van der Waals surface area contributed by atoms with E-state index in [1.165, 1.54) is 17.0 Å². The molecule has 0 unspecified atom stereocenters. The highest BCUT2D eigenvalue weighted by Crippen LogP contribution is 2.28. The first-order chi connectivity index (χ1) is 14.4. The number of carbonyl (C=O) groups excluding carboxylic acids is 2. The summed E-state index contributed by atoms with van der Waals surface area (Å²) in [6, 6.07) is 13.9. The number of anilines is 2. The third-order valence-corrected chi connectivity index (χ3v) is 5.42. The van der Waals surface area contributed by atoms with Crippen molar-refractivity contribution in [2.24, 2.45) is 0 Å². The third kappa shape index (κ3) is 3.93. The second kappa shape index (κ2) is 8.28. The summed E-state index contributed by atoms with van der Waals surface area (Å²) in [5.74, 6) is -1.13. The standard InChI is InChI=1S/C22H20ClFN4O2/c1-14-20(21(23)28(26-14)13-15-6-3-2-4-7-15)22(30)25-16-9-10-18(17(24)12-16)27-11-5-8-19(27)29/h2-4,6-7,9-10,12H,5,8,11,13H2,1H3,(H,25,30). The molecule has 0 spiro atoms. The van der Waals surface area contributed by atoms with Crippen molar-refractivity contribution in [3.8, 4) is 0 Å². The fourth-order valence-electron chi connectivity index (χ4n) is 3.57. The zero-order chi connectivity index (χ0) is 21.3. The van der Waals surface area contributed by atoms with Gasteiger partial charge in [-0.25, -0.2) is 9.07 Å². The van der Waals surface area contributed by atoms with E-state index in [2.05, 4.69) is 10.4 Å². The summed E-state index contributed by atoms with van der Waals surface area (Å²) in [6.07, 6.45) is 1.13.